The summed E-state index contributed by atoms with van der Waals surface area (Å²) >= 11 is 0. The molecule has 0 saturated heterocycles. The average molecular weight is 303 g/mol. The van der Waals surface area contributed by atoms with E-state index in [1.807, 2.05) is 51.2 Å². The zero-order chi connectivity index (χ0) is 16.2. The SMILES string of the molecule is CC.Cc1nc2ccccc2n2c(Cc3ccccc3)cnc12. The third-order valence-corrected chi connectivity index (χ3v) is 3.80. The molecule has 0 aliphatic rings. The van der Waals surface area contributed by atoms with Crippen molar-refractivity contribution in [1.29, 1.82) is 0 Å². The third kappa shape index (κ3) is 2.82. The fourth-order valence-corrected chi connectivity index (χ4v) is 2.82. The molecule has 0 N–H and O–H groups in total. The van der Waals surface area contributed by atoms with Crippen LogP contribution in [0.4, 0.5) is 0 Å². The molecule has 116 valence electrons. The van der Waals surface area contributed by atoms with E-state index >= 15 is 0 Å². The van der Waals surface area contributed by atoms with E-state index in [1.165, 1.54) is 11.3 Å². The predicted molar refractivity (Wildman–Crippen MR) is 95.8 cm³/mol. The summed E-state index contributed by atoms with van der Waals surface area (Å²) < 4.78 is 2.23. The number of hydrogen-bond acceptors (Lipinski definition) is 2. The normalized spacial score (nSPS) is 10.6. The minimum absolute atomic E-state index is 0.870. The molecule has 0 saturated carbocycles. The number of nitrogens with zero attached hydrogens (tertiary/aromatic N) is 3. The van der Waals surface area contributed by atoms with E-state index in [2.05, 4.69) is 44.7 Å². The number of hydrogen-bond donors (Lipinski definition) is 0. The zero-order valence-electron chi connectivity index (χ0n) is 13.8. The van der Waals surface area contributed by atoms with Gasteiger partial charge in [0, 0.05) is 18.3 Å². The smallest absolute Gasteiger partial charge is 0.159 e. The van der Waals surface area contributed by atoms with Gasteiger partial charge in [-0.15, -0.1) is 0 Å². The lowest BCUT2D eigenvalue weighted by molar-refractivity contribution is 1.04. The van der Waals surface area contributed by atoms with E-state index < -0.39 is 0 Å². The van der Waals surface area contributed by atoms with Gasteiger partial charge in [-0.05, 0) is 24.6 Å². The van der Waals surface area contributed by atoms with Gasteiger partial charge in [0.15, 0.2) is 5.65 Å². The van der Waals surface area contributed by atoms with Gasteiger partial charge in [-0.25, -0.2) is 9.97 Å². The van der Waals surface area contributed by atoms with Gasteiger partial charge >= 0.3 is 0 Å². The third-order valence-electron chi connectivity index (χ3n) is 3.80. The molecule has 0 aliphatic heterocycles. The van der Waals surface area contributed by atoms with Crippen LogP contribution in [0, 0.1) is 6.92 Å². The van der Waals surface area contributed by atoms with Crippen molar-refractivity contribution in [3.05, 3.63) is 77.7 Å². The molecule has 0 radical (unpaired) electrons. The van der Waals surface area contributed by atoms with Crippen molar-refractivity contribution in [1.82, 2.24) is 14.4 Å². The van der Waals surface area contributed by atoms with Crippen molar-refractivity contribution in [2.24, 2.45) is 0 Å². The molecule has 4 aromatic rings. The highest BCUT2D eigenvalue weighted by Crippen LogP contribution is 2.20. The second kappa shape index (κ2) is 6.61. The number of para-hydroxylation sites is 2. The highest BCUT2D eigenvalue weighted by atomic mass is 15.0. The van der Waals surface area contributed by atoms with Gasteiger partial charge in [0.05, 0.1) is 16.7 Å². The average Bonchev–Trinajstić information content (AvgIpc) is 3.02. The molecule has 0 bridgehead atoms. The fourth-order valence-electron chi connectivity index (χ4n) is 2.82. The predicted octanol–water partition coefficient (Wildman–Crippen LogP) is 4.81. The van der Waals surface area contributed by atoms with Crippen LogP contribution in [0.2, 0.25) is 0 Å². The van der Waals surface area contributed by atoms with Crippen LogP contribution in [0.15, 0.2) is 60.8 Å². The lowest BCUT2D eigenvalue weighted by atomic mass is 10.1. The molecule has 3 nitrogen and oxygen atoms in total. The van der Waals surface area contributed by atoms with E-state index in [1.54, 1.807) is 0 Å². The van der Waals surface area contributed by atoms with Gasteiger partial charge in [0.1, 0.15) is 0 Å². The summed E-state index contributed by atoms with van der Waals surface area (Å²) in [5.74, 6) is 0. The van der Waals surface area contributed by atoms with Gasteiger partial charge < -0.3 is 0 Å². The fraction of sp³-hybridized carbons (Fsp3) is 0.200. The molecule has 2 aromatic heterocycles. The molecule has 0 aliphatic carbocycles. The molecular weight excluding hydrogens is 282 g/mol. The molecule has 0 fully saturated rings. The second-order valence-electron chi connectivity index (χ2n) is 5.26. The zero-order valence-corrected chi connectivity index (χ0v) is 13.8. The minimum Gasteiger partial charge on any atom is -0.293 e. The Morgan fingerprint density at radius 1 is 0.913 bits per heavy atom. The number of aromatic nitrogens is 3. The lowest BCUT2D eigenvalue weighted by Gasteiger charge is -2.08. The molecule has 3 heteroatoms. The van der Waals surface area contributed by atoms with E-state index in [4.69, 9.17) is 0 Å². The number of imidazole rings is 1. The number of benzene rings is 2. The molecule has 0 atom stereocenters. The summed E-state index contributed by atoms with van der Waals surface area (Å²) in [6.45, 7) is 6.01. The maximum atomic E-state index is 4.64. The first kappa shape index (κ1) is 15.2. The van der Waals surface area contributed by atoms with Crippen molar-refractivity contribution in [3.8, 4) is 0 Å². The first-order chi connectivity index (χ1) is 11.3. The van der Waals surface area contributed by atoms with Gasteiger partial charge in [-0.2, -0.15) is 0 Å². The van der Waals surface area contributed by atoms with Crippen LogP contribution in [-0.2, 0) is 6.42 Å². The van der Waals surface area contributed by atoms with Crippen molar-refractivity contribution in [2.45, 2.75) is 27.2 Å². The molecule has 0 unspecified atom stereocenters. The van der Waals surface area contributed by atoms with E-state index in [9.17, 15) is 0 Å². The van der Waals surface area contributed by atoms with Crippen LogP contribution in [0.3, 0.4) is 0 Å². The topological polar surface area (TPSA) is 30.2 Å². The number of rotatable bonds is 2. The van der Waals surface area contributed by atoms with Crippen LogP contribution in [0.25, 0.3) is 16.7 Å². The molecule has 4 rings (SSSR count). The Hall–Kier alpha value is -2.68. The highest BCUT2D eigenvalue weighted by Gasteiger charge is 2.11. The van der Waals surface area contributed by atoms with Crippen LogP contribution in [-0.4, -0.2) is 14.4 Å². The van der Waals surface area contributed by atoms with Crippen LogP contribution in [0.5, 0.6) is 0 Å². The summed E-state index contributed by atoms with van der Waals surface area (Å²) in [5.41, 5.74) is 6.51. The van der Waals surface area contributed by atoms with Gasteiger partial charge in [0.25, 0.3) is 0 Å². The Labute approximate surface area is 136 Å². The van der Waals surface area contributed by atoms with E-state index in [-0.39, 0.29) is 0 Å². The van der Waals surface area contributed by atoms with Crippen LogP contribution >= 0.6 is 0 Å². The summed E-state index contributed by atoms with van der Waals surface area (Å²) in [7, 11) is 0. The molecule has 2 aromatic carbocycles. The van der Waals surface area contributed by atoms with Crippen molar-refractivity contribution in [3.63, 3.8) is 0 Å². The minimum atomic E-state index is 0.870. The standard InChI is InChI=1S/C18H15N3.C2H6/c1-13-18-19-12-15(11-14-7-3-2-4-8-14)21(18)17-10-6-5-9-16(17)20-13;1-2/h2-10,12H,11H2,1H3;1-2H3. The molecule has 2 heterocycles. The van der Waals surface area contributed by atoms with Crippen molar-refractivity contribution < 1.29 is 0 Å². The molecule has 0 amide bonds. The molecule has 0 spiro atoms. The monoisotopic (exact) mass is 303 g/mol. The number of fused-ring (bicyclic) bond motifs is 3. The van der Waals surface area contributed by atoms with E-state index in [0.29, 0.717) is 0 Å². The summed E-state index contributed by atoms with van der Waals surface area (Å²) in [6.07, 6.45) is 2.83. The van der Waals surface area contributed by atoms with Crippen LogP contribution < -0.4 is 0 Å². The van der Waals surface area contributed by atoms with E-state index in [0.717, 1.165) is 28.8 Å². The Bertz CT molecular complexity index is 924. The second-order valence-corrected chi connectivity index (χ2v) is 5.26. The highest BCUT2D eigenvalue weighted by molar-refractivity contribution is 5.78. The van der Waals surface area contributed by atoms with Crippen molar-refractivity contribution in [2.75, 3.05) is 0 Å². The Kier molecular flexibility index (Phi) is 4.38. The largest absolute Gasteiger partial charge is 0.293 e. The van der Waals surface area contributed by atoms with Gasteiger partial charge in [-0.3, -0.25) is 4.40 Å². The quantitative estimate of drug-likeness (QED) is 0.532. The Balaban J connectivity index is 0.000000753. The lowest BCUT2D eigenvalue weighted by Crippen LogP contribution is -1.99. The Morgan fingerprint density at radius 3 is 2.39 bits per heavy atom. The first-order valence-corrected chi connectivity index (χ1v) is 8.08. The number of aryl methyl sites for hydroxylation is 1. The van der Waals surface area contributed by atoms with Crippen LogP contribution in [0.1, 0.15) is 30.8 Å². The molecule has 23 heavy (non-hydrogen) atoms. The Morgan fingerprint density at radius 2 is 1.61 bits per heavy atom. The maximum Gasteiger partial charge on any atom is 0.159 e. The maximum absolute atomic E-state index is 4.64. The summed E-state index contributed by atoms with van der Waals surface area (Å²) in [5, 5.41) is 0. The molecular formula is C20H21N3. The first-order valence-electron chi connectivity index (χ1n) is 8.08. The van der Waals surface area contributed by atoms with Crippen molar-refractivity contribution >= 4 is 16.7 Å². The summed E-state index contributed by atoms with van der Waals surface area (Å²) in [6, 6.07) is 18.7. The van der Waals surface area contributed by atoms with Gasteiger partial charge in [-0.1, -0.05) is 56.3 Å². The van der Waals surface area contributed by atoms with Gasteiger partial charge in [0.2, 0.25) is 0 Å². The summed E-state index contributed by atoms with van der Waals surface area (Å²) in [4.78, 5) is 9.21.